The van der Waals surface area contributed by atoms with Gasteiger partial charge in [-0.1, -0.05) is 26.0 Å². The van der Waals surface area contributed by atoms with Crippen molar-refractivity contribution in [1.82, 2.24) is 4.72 Å². The first kappa shape index (κ1) is 12.5. The Morgan fingerprint density at radius 1 is 1.25 bits per heavy atom. The number of rotatable bonds is 3. The molecule has 16 heavy (non-hydrogen) atoms. The number of nitrogens with two attached hydrogens (primary N) is 1. The Morgan fingerprint density at radius 2 is 1.75 bits per heavy atom. The maximum absolute atomic E-state index is 11.5. The van der Waals surface area contributed by atoms with Crippen molar-refractivity contribution >= 4 is 16.1 Å². The highest BCUT2D eigenvalue weighted by atomic mass is 32.2. The van der Waals surface area contributed by atoms with Crippen molar-refractivity contribution in [3.05, 3.63) is 29.8 Å². The van der Waals surface area contributed by atoms with Crippen molar-refractivity contribution in [2.45, 2.75) is 24.7 Å². The molecule has 0 aliphatic rings. The molecule has 2 amide bonds. The van der Waals surface area contributed by atoms with Crippen LogP contribution in [-0.2, 0) is 10.0 Å². The predicted octanol–water partition coefficient (Wildman–Crippen LogP) is 1.17. The smallest absolute Gasteiger partial charge is 0.326 e. The van der Waals surface area contributed by atoms with Crippen molar-refractivity contribution in [2.75, 3.05) is 0 Å². The second kappa shape index (κ2) is 4.52. The van der Waals surface area contributed by atoms with Gasteiger partial charge in [0, 0.05) is 0 Å². The van der Waals surface area contributed by atoms with Crippen LogP contribution in [0.25, 0.3) is 0 Å². The average molecular weight is 242 g/mol. The van der Waals surface area contributed by atoms with Gasteiger partial charge in [0.1, 0.15) is 0 Å². The third kappa shape index (κ3) is 2.96. The van der Waals surface area contributed by atoms with Crippen LogP contribution in [0.2, 0.25) is 0 Å². The third-order valence-electron chi connectivity index (χ3n) is 2.09. The standard InChI is InChI=1S/C10H14N2O3S/c1-7(2)8-3-5-9(6-4-8)16(14,15)12-10(11)13/h3-7H,1-2H3,(H3,11,12,13). The van der Waals surface area contributed by atoms with Crippen molar-refractivity contribution in [2.24, 2.45) is 5.73 Å². The van der Waals surface area contributed by atoms with E-state index in [9.17, 15) is 13.2 Å². The molecule has 0 atom stereocenters. The van der Waals surface area contributed by atoms with Gasteiger partial charge < -0.3 is 5.73 Å². The maximum atomic E-state index is 11.5. The maximum Gasteiger partial charge on any atom is 0.326 e. The first-order chi connectivity index (χ1) is 7.33. The molecule has 0 aliphatic heterocycles. The molecule has 0 spiro atoms. The lowest BCUT2D eigenvalue weighted by Gasteiger charge is -2.07. The quantitative estimate of drug-likeness (QED) is 0.833. The molecule has 0 aliphatic carbocycles. The van der Waals surface area contributed by atoms with Gasteiger partial charge in [0.15, 0.2) is 0 Å². The molecule has 0 bridgehead atoms. The van der Waals surface area contributed by atoms with E-state index in [2.05, 4.69) is 0 Å². The summed E-state index contributed by atoms with van der Waals surface area (Å²) < 4.78 is 24.7. The number of urea groups is 1. The molecule has 0 saturated heterocycles. The van der Waals surface area contributed by atoms with E-state index in [1.54, 1.807) is 16.9 Å². The minimum Gasteiger partial charge on any atom is -0.351 e. The molecule has 6 heteroatoms. The number of hydrogen-bond donors (Lipinski definition) is 2. The number of sulfonamides is 1. The van der Waals surface area contributed by atoms with Gasteiger partial charge in [0.05, 0.1) is 4.90 Å². The summed E-state index contributed by atoms with van der Waals surface area (Å²) >= 11 is 0. The number of carbonyl (C=O) groups excluding carboxylic acids is 1. The summed E-state index contributed by atoms with van der Waals surface area (Å²) in [6.45, 7) is 4.01. The van der Waals surface area contributed by atoms with E-state index in [0.717, 1.165) is 5.56 Å². The highest BCUT2D eigenvalue weighted by molar-refractivity contribution is 7.90. The lowest BCUT2D eigenvalue weighted by molar-refractivity contribution is 0.253. The van der Waals surface area contributed by atoms with E-state index in [4.69, 9.17) is 5.73 Å². The zero-order valence-corrected chi connectivity index (χ0v) is 9.91. The van der Waals surface area contributed by atoms with Crippen molar-refractivity contribution in [3.63, 3.8) is 0 Å². The van der Waals surface area contributed by atoms with E-state index in [0.29, 0.717) is 5.92 Å². The van der Waals surface area contributed by atoms with Crippen LogP contribution >= 0.6 is 0 Å². The zero-order valence-electron chi connectivity index (χ0n) is 9.10. The lowest BCUT2D eigenvalue weighted by Crippen LogP contribution is -2.34. The molecule has 0 saturated carbocycles. The Morgan fingerprint density at radius 3 is 2.12 bits per heavy atom. The SMILES string of the molecule is CC(C)c1ccc(S(=O)(=O)NC(N)=O)cc1. The van der Waals surface area contributed by atoms with E-state index in [1.807, 2.05) is 13.8 Å². The van der Waals surface area contributed by atoms with Crippen molar-refractivity contribution in [3.8, 4) is 0 Å². The molecular weight excluding hydrogens is 228 g/mol. The second-order valence-corrected chi connectivity index (χ2v) is 5.38. The van der Waals surface area contributed by atoms with Crippen LogP contribution in [0.5, 0.6) is 0 Å². The molecular formula is C10H14N2O3S. The van der Waals surface area contributed by atoms with Gasteiger partial charge in [-0.15, -0.1) is 0 Å². The van der Waals surface area contributed by atoms with Gasteiger partial charge in [-0.05, 0) is 23.6 Å². The highest BCUT2D eigenvalue weighted by Crippen LogP contribution is 2.16. The van der Waals surface area contributed by atoms with E-state index in [-0.39, 0.29) is 4.90 Å². The van der Waals surface area contributed by atoms with Gasteiger partial charge in [-0.2, -0.15) is 0 Å². The molecule has 1 aromatic carbocycles. The summed E-state index contributed by atoms with van der Waals surface area (Å²) in [7, 11) is -3.83. The van der Waals surface area contributed by atoms with Crippen LogP contribution in [0, 0.1) is 0 Å². The number of benzene rings is 1. The van der Waals surface area contributed by atoms with Gasteiger partial charge >= 0.3 is 6.03 Å². The molecule has 0 radical (unpaired) electrons. The summed E-state index contributed by atoms with van der Waals surface area (Å²) in [6, 6.07) is 5.22. The monoisotopic (exact) mass is 242 g/mol. The van der Waals surface area contributed by atoms with Crippen LogP contribution < -0.4 is 10.5 Å². The fraction of sp³-hybridized carbons (Fsp3) is 0.300. The number of hydrogen-bond acceptors (Lipinski definition) is 3. The summed E-state index contributed by atoms with van der Waals surface area (Å²) in [5.74, 6) is 0.320. The second-order valence-electron chi connectivity index (χ2n) is 3.69. The number of primary amides is 1. The fourth-order valence-electron chi connectivity index (χ4n) is 1.22. The molecule has 88 valence electrons. The van der Waals surface area contributed by atoms with Gasteiger partial charge in [-0.3, -0.25) is 0 Å². The Bertz CT molecular complexity index is 477. The lowest BCUT2D eigenvalue weighted by atomic mass is 10.0. The Labute approximate surface area is 94.7 Å². The fourth-order valence-corrected chi connectivity index (χ4v) is 2.10. The molecule has 5 nitrogen and oxygen atoms in total. The number of nitrogens with one attached hydrogen (secondary N) is 1. The van der Waals surface area contributed by atoms with Gasteiger partial charge in [0.2, 0.25) is 0 Å². The Hall–Kier alpha value is -1.56. The van der Waals surface area contributed by atoms with Crippen LogP contribution in [-0.4, -0.2) is 14.4 Å². The summed E-state index contributed by atoms with van der Waals surface area (Å²) in [5.41, 5.74) is 5.79. The summed E-state index contributed by atoms with van der Waals surface area (Å²) in [5, 5.41) is 0. The summed E-state index contributed by atoms with van der Waals surface area (Å²) in [6.07, 6.45) is 0. The molecule has 1 rings (SSSR count). The number of amides is 2. The first-order valence-electron chi connectivity index (χ1n) is 4.75. The van der Waals surface area contributed by atoms with E-state index in [1.165, 1.54) is 12.1 Å². The van der Waals surface area contributed by atoms with Gasteiger partial charge in [0.25, 0.3) is 10.0 Å². The number of carbonyl (C=O) groups is 1. The van der Waals surface area contributed by atoms with Gasteiger partial charge in [-0.25, -0.2) is 17.9 Å². The molecule has 0 fully saturated rings. The zero-order chi connectivity index (χ0) is 12.3. The van der Waals surface area contributed by atoms with Crippen LogP contribution in [0.3, 0.4) is 0 Å². The van der Waals surface area contributed by atoms with E-state index >= 15 is 0 Å². The normalized spacial score (nSPS) is 11.4. The minimum atomic E-state index is -3.83. The van der Waals surface area contributed by atoms with Crippen molar-refractivity contribution < 1.29 is 13.2 Å². The molecule has 0 unspecified atom stereocenters. The average Bonchev–Trinajstić information content (AvgIpc) is 2.16. The van der Waals surface area contributed by atoms with Crippen LogP contribution in [0.1, 0.15) is 25.3 Å². The van der Waals surface area contributed by atoms with Crippen molar-refractivity contribution in [1.29, 1.82) is 0 Å². The van der Waals surface area contributed by atoms with Crippen LogP contribution in [0.15, 0.2) is 29.2 Å². The predicted molar refractivity (Wildman–Crippen MR) is 60.4 cm³/mol. The third-order valence-corrected chi connectivity index (χ3v) is 3.45. The van der Waals surface area contributed by atoms with Crippen LogP contribution in [0.4, 0.5) is 4.79 Å². The molecule has 1 aromatic rings. The topological polar surface area (TPSA) is 89.3 Å². The Kier molecular flexibility index (Phi) is 3.54. The molecule has 3 N–H and O–H groups in total. The minimum absolute atomic E-state index is 0.0238. The molecule has 0 aromatic heterocycles. The highest BCUT2D eigenvalue weighted by Gasteiger charge is 2.15. The first-order valence-corrected chi connectivity index (χ1v) is 6.23. The molecule has 0 heterocycles. The Balaban J connectivity index is 3.02. The van der Waals surface area contributed by atoms with E-state index < -0.39 is 16.1 Å². The summed E-state index contributed by atoms with van der Waals surface area (Å²) in [4.78, 5) is 10.5. The largest absolute Gasteiger partial charge is 0.351 e.